The molecule has 1 atom stereocenters. The van der Waals surface area contributed by atoms with Crippen molar-refractivity contribution in [2.75, 3.05) is 0 Å². The number of hydrogen-bond acceptors (Lipinski definition) is 2. The smallest absolute Gasteiger partial charge is 0.203 e. The molecular weight excluding hydrogens is 260 g/mol. The van der Waals surface area contributed by atoms with Gasteiger partial charge in [-0.25, -0.2) is 0 Å². The highest BCUT2D eigenvalue weighted by atomic mass is 35.5. The van der Waals surface area contributed by atoms with E-state index in [1.165, 1.54) is 0 Å². The second-order valence-corrected chi connectivity index (χ2v) is 5.06. The van der Waals surface area contributed by atoms with Crippen molar-refractivity contribution in [2.24, 2.45) is 0 Å². The summed E-state index contributed by atoms with van der Waals surface area (Å²) in [5.74, 6) is 0.763. The Bertz CT molecular complexity index is 607. The molecule has 1 aliphatic rings. The highest BCUT2D eigenvalue weighted by Crippen LogP contribution is 2.31. The molecule has 3 heteroatoms. The number of Topliss-reactive ketones (excluding diaryl/α,β-unsaturated/α-hetero) is 1. The number of ether oxygens (including phenoxy) is 1. The zero-order chi connectivity index (χ0) is 13.2. The van der Waals surface area contributed by atoms with Gasteiger partial charge < -0.3 is 4.74 Å². The number of halogens is 1. The summed E-state index contributed by atoms with van der Waals surface area (Å²) in [5.41, 5.74) is 1.81. The van der Waals surface area contributed by atoms with Gasteiger partial charge in [0, 0.05) is 10.6 Å². The molecule has 19 heavy (non-hydrogen) atoms. The van der Waals surface area contributed by atoms with Crippen molar-refractivity contribution in [3.8, 4) is 5.75 Å². The summed E-state index contributed by atoms with van der Waals surface area (Å²) < 4.78 is 5.79. The highest BCUT2D eigenvalue weighted by Gasteiger charge is 2.26. The molecule has 3 rings (SSSR count). The van der Waals surface area contributed by atoms with E-state index in [2.05, 4.69) is 0 Å². The third-order valence-corrected chi connectivity index (χ3v) is 3.56. The minimum Gasteiger partial charge on any atom is -0.482 e. The Hall–Kier alpha value is -1.80. The van der Waals surface area contributed by atoms with Crippen LogP contribution in [0.2, 0.25) is 5.02 Å². The Morgan fingerprint density at radius 1 is 1.16 bits per heavy atom. The Morgan fingerprint density at radius 2 is 1.95 bits per heavy atom. The molecule has 2 aromatic carbocycles. The molecule has 0 saturated carbocycles. The Kier molecular flexibility index (Phi) is 3.26. The van der Waals surface area contributed by atoms with Crippen LogP contribution in [0.15, 0.2) is 48.5 Å². The Morgan fingerprint density at radius 3 is 2.74 bits per heavy atom. The normalized spacial score (nSPS) is 17.4. The highest BCUT2D eigenvalue weighted by molar-refractivity contribution is 6.30. The Balaban J connectivity index is 1.84. The van der Waals surface area contributed by atoms with E-state index in [0.717, 1.165) is 17.7 Å². The summed E-state index contributed by atoms with van der Waals surface area (Å²) in [6, 6.07) is 14.8. The summed E-state index contributed by atoms with van der Waals surface area (Å²) in [7, 11) is 0. The minimum atomic E-state index is -0.409. The van der Waals surface area contributed by atoms with Crippen molar-refractivity contribution in [1.82, 2.24) is 0 Å². The molecule has 0 radical (unpaired) electrons. The fourth-order valence-electron chi connectivity index (χ4n) is 2.32. The maximum Gasteiger partial charge on any atom is 0.203 e. The zero-order valence-electron chi connectivity index (χ0n) is 10.3. The van der Waals surface area contributed by atoms with E-state index >= 15 is 0 Å². The summed E-state index contributed by atoms with van der Waals surface area (Å²) in [4.78, 5) is 12.3. The number of benzene rings is 2. The van der Waals surface area contributed by atoms with Crippen LogP contribution in [0.1, 0.15) is 22.3 Å². The average Bonchev–Trinajstić information content (AvgIpc) is 2.46. The van der Waals surface area contributed by atoms with Crippen LogP contribution in [-0.2, 0) is 6.42 Å². The van der Waals surface area contributed by atoms with Crippen LogP contribution in [0, 0.1) is 0 Å². The first kappa shape index (κ1) is 12.2. The minimum absolute atomic E-state index is 0.0335. The molecule has 0 saturated heterocycles. The first-order chi connectivity index (χ1) is 9.24. The molecule has 96 valence electrons. The molecule has 0 aromatic heterocycles. The third kappa shape index (κ3) is 2.49. The molecule has 0 fully saturated rings. The van der Waals surface area contributed by atoms with E-state index in [4.69, 9.17) is 16.3 Å². The van der Waals surface area contributed by atoms with Gasteiger partial charge in [-0.05, 0) is 30.5 Å². The van der Waals surface area contributed by atoms with Crippen LogP contribution in [-0.4, -0.2) is 11.9 Å². The zero-order valence-corrected chi connectivity index (χ0v) is 11.1. The number of fused-ring (bicyclic) bond motifs is 1. The van der Waals surface area contributed by atoms with Crippen LogP contribution < -0.4 is 4.74 Å². The molecule has 1 unspecified atom stereocenters. The van der Waals surface area contributed by atoms with Crippen molar-refractivity contribution in [2.45, 2.75) is 18.9 Å². The van der Waals surface area contributed by atoms with E-state index in [1.807, 2.05) is 42.5 Å². The molecule has 2 nitrogen and oxygen atoms in total. The standard InChI is InChI=1S/C16H13ClO2/c17-13-8-6-11-7-9-14(19-15(11)10-13)16(18)12-4-2-1-3-5-12/h1-6,8,10,14H,7,9H2. The number of aryl methyl sites for hydroxylation is 1. The molecule has 1 heterocycles. The van der Waals surface area contributed by atoms with Gasteiger partial charge in [0.25, 0.3) is 0 Å². The number of rotatable bonds is 2. The van der Waals surface area contributed by atoms with Crippen LogP contribution >= 0.6 is 11.6 Å². The first-order valence-corrected chi connectivity index (χ1v) is 6.66. The second-order valence-electron chi connectivity index (χ2n) is 4.63. The molecule has 0 bridgehead atoms. The topological polar surface area (TPSA) is 26.3 Å². The maximum atomic E-state index is 12.3. The molecule has 1 aliphatic heterocycles. The van der Waals surface area contributed by atoms with Gasteiger partial charge in [0.1, 0.15) is 5.75 Å². The van der Waals surface area contributed by atoms with Crippen molar-refractivity contribution in [3.05, 3.63) is 64.7 Å². The Labute approximate surface area is 117 Å². The van der Waals surface area contributed by atoms with Gasteiger partial charge in [-0.1, -0.05) is 48.0 Å². The monoisotopic (exact) mass is 272 g/mol. The van der Waals surface area contributed by atoms with Gasteiger partial charge in [0.2, 0.25) is 5.78 Å². The maximum absolute atomic E-state index is 12.3. The van der Waals surface area contributed by atoms with E-state index in [-0.39, 0.29) is 5.78 Å². The summed E-state index contributed by atoms with van der Waals surface area (Å²) >= 11 is 5.96. The van der Waals surface area contributed by atoms with Crippen LogP contribution in [0.4, 0.5) is 0 Å². The van der Waals surface area contributed by atoms with E-state index in [0.29, 0.717) is 17.0 Å². The third-order valence-electron chi connectivity index (χ3n) is 3.33. The lowest BCUT2D eigenvalue weighted by Gasteiger charge is -2.25. The number of ketones is 1. The van der Waals surface area contributed by atoms with Gasteiger partial charge in [0.05, 0.1) is 0 Å². The predicted octanol–water partition coefficient (Wildman–Crippen LogP) is 3.92. The van der Waals surface area contributed by atoms with Crippen molar-refractivity contribution in [1.29, 1.82) is 0 Å². The summed E-state index contributed by atoms with van der Waals surface area (Å²) in [6.07, 6.45) is 1.14. The van der Waals surface area contributed by atoms with Crippen molar-refractivity contribution < 1.29 is 9.53 Å². The second kappa shape index (κ2) is 5.06. The van der Waals surface area contributed by atoms with Gasteiger partial charge in [0.15, 0.2) is 6.10 Å². The molecule has 0 amide bonds. The van der Waals surface area contributed by atoms with Crippen LogP contribution in [0.25, 0.3) is 0 Å². The molecule has 2 aromatic rings. The van der Waals surface area contributed by atoms with Gasteiger partial charge in [-0.15, -0.1) is 0 Å². The number of carbonyl (C=O) groups is 1. The fourth-order valence-corrected chi connectivity index (χ4v) is 2.48. The molecule has 0 spiro atoms. The van der Waals surface area contributed by atoms with Gasteiger partial charge in [-0.3, -0.25) is 4.79 Å². The summed E-state index contributed by atoms with van der Waals surface area (Å²) in [5, 5.41) is 0.631. The lowest BCUT2D eigenvalue weighted by Crippen LogP contribution is -2.31. The molecule has 0 N–H and O–H groups in total. The molecular formula is C16H13ClO2. The number of carbonyl (C=O) groups excluding carboxylic acids is 1. The SMILES string of the molecule is O=C(c1ccccc1)C1CCc2ccc(Cl)cc2O1. The van der Waals surface area contributed by atoms with Crippen molar-refractivity contribution >= 4 is 17.4 Å². The average molecular weight is 273 g/mol. The predicted molar refractivity (Wildman–Crippen MR) is 75.0 cm³/mol. The number of hydrogen-bond donors (Lipinski definition) is 0. The van der Waals surface area contributed by atoms with Crippen molar-refractivity contribution in [3.63, 3.8) is 0 Å². The fraction of sp³-hybridized carbons (Fsp3) is 0.188. The quantitative estimate of drug-likeness (QED) is 0.775. The lowest BCUT2D eigenvalue weighted by molar-refractivity contribution is 0.0756. The van der Waals surface area contributed by atoms with E-state index < -0.39 is 6.10 Å². The van der Waals surface area contributed by atoms with Crippen LogP contribution in [0.5, 0.6) is 5.75 Å². The van der Waals surface area contributed by atoms with Crippen LogP contribution in [0.3, 0.4) is 0 Å². The largest absolute Gasteiger partial charge is 0.482 e. The van der Waals surface area contributed by atoms with E-state index in [9.17, 15) is 4.79 Å². The molecule has 0 aliphatic carbocycles. The lowest BCUT2D eigenvalue weighted by atomic mass is 9.97. The van der Waals surface area contributed by atoms with Gasteiger partial charge in [-0.2, -0.15) is 0 Å². The van der Waals surface area contributed by atoms with E-state index in [1.54, 1.807) is 6.07 Å². The summed E-state index contributed by atoms with van der Waals surface area (Å²) in [6.45, 7) is 0. The first-order valence-electron chi connectivity index (χ1n) is 6.28. The van der Waals surface area contributed by atoms with Gasteiger partial charge >= 0.3 is 0 Å².